The second-order valence-corrected chi connectivity index (χ2v) is 10.1. The number of cyclic esters (lactones) is 1. The first-order valence-electron chi connectivity index (χ1n) is 10.1. The summed E-state index contributed by atoms with van der Waals surface area (Å²) >= 11 is 0. The Balaban J connectivity index is 1.16. The van der Waals surface area contributed by atoms with Gasteiger partial charge in [0.1, 0.15) is 6.61 Å². The molecule has 1 spiro atoms. The SMILES string of the molecule is CC(C)(C)c1ccc([C@H]2[C@@H]3CN(C(=O)C4CC5(COC(=O)N5)C4)C[C@@H]32)cc1. The number of nitrogens with zero attached hydrogens (tertiary/aromatic N) is 1. The maximum atomic E-state index is 12.8. The van der Waals surface area contributed by atoms with E-state index in [2.05, 4.69) is 55.3 Å². The van der Waals surface area contributed by atoms with Crippen molar-refractivity contribution >= 4 is 12.0 Å². The number of nitrogens with one attached hydrogen (secondary N) is 1. The van der Waals surface area contributed by atoms with Crippen molar-refractivity contribution in [3.63, 3.8) is 0 Å². The van der Waals surface area contributed by atoms with E-state index in [1.165, 1.54) is 11.1 Å². The van der Waals surface area contributed by atoms with E-state index in [-0.39, 0.29) is 28.9 Å². The van der Waals surface area contributed by atoms with Crippen molar-refractivity contribution < 1.29 is 14.3 Å². The molecule has 2 saturated heterocycles. The summed E-state index contributed by atoms with van der Waals surface area (Å²) in [5.41, 5.74) is 2.72. The Kier molecular flexibility index (Phi) is 3.47. The summed E-state index contributed by atoms with van der Waals surface area (Å²) in [6, 6.07) is 9.10. The number of fused-ring (bicyclic) bond motifs is 1. The molecule has 0 aromatic heterocycles. The molecule has 4 fully saturated rings. The topological polar surface area (TPSA) is 58.6 Å². The standard InChI is InChI=1S/C22H28N2O3/c1-21(2,3)15-6-4-13(5-7-15)18-16-10-24(11-17(16)18)19(25)14-8-22(9-14)12-27-20(26)23-22/h4-7,14,16-18H,8-12H2,1-3H3,(H,23,26)/t14?,16-,17+,18+,22?. The lowest BCUT2D eigenvalue weighted by atomic mass is 9.68. The van der Waals surface area contributed by atoms with Gasteiger partial charge in [0, 0.05) is 19.0 Å². The van der Waals surface area contributed by atoms with Crippen LogP contribution in [0.25, 0.3) is 0 Å². The van der Waals surface area contributed by atoms with E-state index in [0.717, 1.165) is 25.9 Å². The Morgan fingerprint density at radius 1 is 1.15 bits per heavy atom. The Bertz CT molecular complexity index is 777. The fraction of sp³-hybridized carbons (Fsp3) is 0.636. The number of rotatable bonds is 2. The molecule has 144 valence electrons. The zero-order chi connectivity index (χ0) is 19.0. The molecule has 1 aromatic carbocycles. The maximum Gasteiger partial charge on any atom is 0.407 e. The molecule has 5 heteroatoms. The number of piperidine rings is 1. The van der Waals surface area contributed by atoms with Gasteiger partial charge in [0.2, 0.25) is 5.91 Å². The summed E-state index contributed by atoms with van der Waals surface area (Å²) in [5.74, 6) is 2.19. The molecule has 4 aliphatic rings. The van der Waals surface area contributed by atoms with Crippen LogP contribution in [0.15, 0.2) is 24.3 Å². The van der Waals surface area contributed by atoms with E-state index in [0.29, 0.717) is 24.4 Å². The number of likely N-dealkylation sites (tertiary alicyclic amines) is 1. The first-order valence-corrected chi connectivity index (χ1v) is 10.1. The summed E-state index contributed by atoms with van der Waals surface area (Å²) < 4.78 is 5.01. The first-order chi connectivity index (χ1) is 12.8. The van der Waals surface area contributed by atoms with Crippen LogP contribution in [0.1, 0.15) is 50.7 Å². The van der Waals surface area contributed by atoms with Crippen LogP contribution in [0.5, 0.6) is 0 Å². The molecule has 2 saturated carbocycles. The van der Waals surface area contributed by atoms with Crippen molar-refractivity contribution in [3.05, 3.63) is 35.4 Å². The predicted octanol–water partition coefficient (Wildman–Crippen LogP) is 3.04. The highest BCUT2D eigenvalue weighted by atomic mass is 16.6. The highest BCUT2D eigenvalue weighted by molar-refractivity contribution is 5.82. The summed E-state index contributed by atoms with van der Waals surface area (Å²) in [7, 11) is 0. The predicted molar refractivity (Wildman–Crippen MR) is 101 cm³/mol. The normalized spacial score (nSPS) is 36.9. The maximum absolute atomic E-state index is 12.8. The van der Waals surface area contributed by atoms with E-state index < -0.39 is 0 Å². The van der Waals surface area contributed by atoms with E-state index in [4.69, 9.17) is 4.74 Å². The van der Waals surface area contributed by atoms with E-state index >= 15 is 0 Å². The lowest BCUT2D eigenvalue weighted by Gasteiger charge is -2.43. The van der Waals surface area contributed by atoms with Crippen LogP contribution >= 0.6 is 0 Å². The van der Waals surface area contributed by atoms with Crippen molar-refractivity contribution in [3.8, 4) is 0 Å². The highest BCUT2D eigenvalue weighted by Gasteiger charge is 2.59. The zero-order valence-electron chi connectivity index (χ0n) is 16.3. The summed E-state index contributed by atoms with van der Waals surface area (Å²) in [6.07, 6.45) is 1.10. The zero-order valence-corrected chi connectivity index (χ0v) is 16.3. The van der Waals surface area contributed by atoms with E-state index in [1.807, 2.05) is 0 Å². The van der Waals surface area contributed by atoms with Crippen LogP contribution in [0.2, 0.25) is 0 Å². The summed E-state index contributed by atoms with van der Waals surface area (Å²) in [5, 5.41) is 2.87. The van der Waals surface area contributed by atoms with Crippen LogP contribution in [0.3, 0.4) is 0 Å². The van der Waals surface area contributed by atoms with Crippen molar-refractivity contribution in [1.29, 1.82) is 0 Å². The third kappa shape index (κ3) is 2.74. The number of hydrogen-bond donors (Lipinski definition) is 1. The largest absolute Gasteiger partial charge is 0.447 e. The van der Waals surface area contributed by atoms with Gasteiger partial charge in [-0.1, -0.05) is 45.0 Å². The van der Waals surface area contributed by atoms with Crippen LogP contribution < -0.4 is 5.32 Å². The second-order valence-electron chi connectivity index (χ2n) is 10.1. The monoisotopic (exact) mass is 368 g/mol. The molecule has 0 unspecified atom stereocenters. The molecular weight excluding hydrogens is 340 g/mol. The molecule has 2 heterocycles. The lowest BCUT2D eigenvalue weighted by molar-refractivity contribution is -0.140. The molecule has 2 aliphatic carbocycles. The van der Waals surface area contributed by atoms with Gasteiger partial charge in [-0.05, 0) is 47.1 Å². The van der Waals surface area contributed by atoms with Gasteiger partial charge in [0.25, 0.3) is 0 Å². The molecule has 1 aromatic rings. The molecule has 5 rings (SSSR count). The summed E-state index contributed by atoms with van der Waals surface area (Å²) in [6.45, 7) is 8.91. The first kappa shape index (κ1) is 17.1. The van der Waals surface area contributed by atoms with Crippen molar-refractivity contribution in [2.45, 2.75) is 50.5 Å². The molecule has 5 nitrogen and oxygen atoms in total. The van der Waals surface area contributed by atoms with Gasteiger partial charge in [-0.3, -0.25) is 4.79 Å². The molecule has 2 amide bonds. The fourth-order valence-corrected chi connectivity index (χ4v) is 5.43. The van der Waals surface area contributed by atoms with E-state index in [9.17, 15) is 9.59 Å². The minimum absolute atomic E-state index is 0.0500. The van der Waals surface area contributed by atoms with Gasteiger partial charge in [-0.25, -0.2) is 4.79 Å². The minimum Gasteiger partial charge on any atom is -0.447 e. The van der Waals surface area contributed by atoms with Gasteiger partial charge in [0.15, 0.2) is 0 Å². The Morgan fingerprint density at radius 2 is 1.78 bits per heavy atom. The van der Waals surface area contributed by atoms with Crippen LogP contribution in [-0.4, -0.2) is 42.1 Å². The number of amides is 2. The number of hydrogen-bond acceptors (Lipinski definition) is 3. The van der Waals surface area contributed by atoms with Crippen LogP contribution in [0, 0.1) is 17.8 Å². The minimum atomic E-state index is -0.344. The smallest absolute Gasteiger partial charge is 0.407 e. The number of alkyl carbamates (subject to hydrolysis) is 1. The van der Waals surface area contributed by atoms with Gasteiger partial charge in [-0.15, -0.1) is 0 Å². The van der Waals surface area contributed by atoms with E-state index in [1.54, 1.807) is 0 Å². The second kappa shape index (κ2) is 5.49. The van der Waals surface area contributed by atoms with Crippen LogP contribution in [0.4, 0.5) is 4.79 Å². The summed E-state index contributed by atoms with van der Waals surface area (Å²) in [4.78, 5) is 26.1. The van der Waals surface area contributed by atoms with Crippen molar-refractivity contribution in [1.82, 2.24) is 10.2 Å². The highest BCUT2D eigenvalue weighted by Crippen LogP contribution is 2.58. The van der Waals surface area contributed by atoms with Gasteiger partial charge >= 0.3 is 6.09 Å². The third-order valence-corrected chi connectivity index (χ3v) is 7.14. The number of ether oxygens (including phenoxy) is 1. The Hall–Kier alpha value is -2.04. The fourth-order valence-electron chi connectivity index (χ4n) is 5.43. The quantitative estimate of drug-likeness (QED) is 0.873. The van der Waals surface area contributed by atoms with Crippen molar-refractivity contribution in [2.75, 3.05) is 19.7 Å². The van der Waals surface area contributed by atoms with Crippen molar-refractivity contribution in [2.24, 2.45) is 17.8 Å². The van der Waals surface area contributed by atoms with Gasteiger partial charge in [0.05, 0.1) is 5.54 Å². The van der Waals surface area contributed by atoms with Gasteiger partial charge in [-0.2, -0.15) is 0 Å². The molecular formula is C22H28N2O3. The molecule has 2 aliphatic heterocycles. The average molecular weight is 368 g/mol. The molecule has 1 N–H and O–H groups in total. The number of carbonyl (C=O) groups excluding carboxylic acids is 2. The molecule has 27 heavy (non-hydrogen) atoms. The Labute approximate surface area is 160 Å². The molecule has 0 bridgehead atoms. The average Bonchev–Trinajstić information content (AvgIpc) is 2.93. The molecule has 3 atom stereocenters. The van der Waals surface area contributed by atoms with Gasteiger partial charge < -0.3 is 15.0 Å². The van der Waals surface area contributed by atoms with Crippen LogP contribution in [-0.2, 0) is 14.9 Å². The third-order valence-electron chi connectivity index (χ3n) is 7.14. The molecule has 0 radical (unpaired) electrons. The number of benzene rings is 1. The Morgan fingerprint density at radius 3 is 2.30 bits per heavy atom. The number of carbonyl (C=O) groups is 2. The lowest BCUT2D eigenvalue weighted by Crippen LogP contribution is -2.58.